The third-order valence-electron chi connectivity index (χ3n) is 1.78. The Bertz CT molecular complexity index is 122. The van der Waals surface area contributed by atoms with Gasteiger partial charge in [0.1, 0.15) is 0 Å². The summed E-state index contributed by atoms with van der Waals surface area (Å²) in [6, 6.07) is 0. The molecule has 0 aromatic heterocycles. The number of halogens is 2. The summed E-state index contributed by atoms with van der Waals surface area (Å²) in [7, 11) is 0. The second-order valence-corrected chi connectivity index (χ2v) is 3.75. The van der Waals surface area contributed by atoms with Crippen LogP contribution < -0.4 is 0 Å². The Morgan fingerprint density at radius 2 is 2.25 bits per heavy atom. The maximum Gasteiger partial charge on any atom is 0.173 e. The van der Waals surface area contributed by atoms with E-state index in [1.807, 2.05) is 0 Å². The molecule has 1 rings (SSSR count). The van der Waals surface area contributed by atoms with Crippen LogP contribution in [0.25, 0.3) is 0 Å². The van der Waals surface area contributed by atoms with Crippen molar-refractivity contribution in [3.63, 3.8) is 0 Å². The molecule has 72 valence electrons. The Balaban J connectivity index is 1.98. The first-order valence-electron chi connectivity index (χ1n) is 4.28. The predicted molar refractivity (Wildman–Crippen MR) is 49.9 cm³/mol. The molecule has 2 unspecified atom stereocenters. The SMILES string of the molecule is ClCCCCOC1OCCC1Cl. The van der Waals surface area contributed by atoms with Crippen LogP contribution in [0.5, 0.6) is 0 Å². The second-order valence-electron chi connectivity index (χ2n) is 2.81. The van der Waals surface area contributed by atoms with Crippen LogP contribution in [0.3, 0.4) is 0 Å². The quantitative estimate of drug-likeness (QED) is 0.515. The van der Waals surface area contributed by atoms with Gasteiger partial charge in [0.15, 0.2) is 6.29 Å². The molecule has 0 amide bonds. The van der Waals surface area contributed by atoms with Crippen LogP contribution in [0, 0.1) is 0 Å². The standard InChI is InChI=1S/C8H14Cl2O2/c9-4-1-2-5-11-8-7(10)3-6-12-8/h7-8H,1-6H2. The maximum atomic E-state index is 5.91. The van der Waals surface area contributed by atoms with E-state index >= 15 is 0 Å². The number of hydrogen-bond donors (Lipinski definition) is 0. The van der Waals surface area contributed by atoms with Gasteiger partial charge in [-0.2, -0.15) is 0 Å². The Morgan fingerprint density at radius 3 is 2.83 bits per heavy atom. The van der Waals surface area contributed by atoms with Crippen LogP contribution in [-0.4, -0.2) is 30.8 Å². The highest BCUT2D eigenvalue weighted by atomic mass is 35.5. The summed E-state index contributed by atoms with van der Waals surface area (Å²) >= 11 is 11.4. The smallest absolute Gasteiger partial charge is 0.173 e. The van der Waals surface area contributed by atoms with Crippen LogP contribution in [0.4, 0.5) is 0 Å². The highest BCUT2D eigenvalue weighted by molar-refractivity contribution is 6.21. The van der Waals surface area contributed by atoms with E-state index < -0.39 is 0 Å². The highest BCUT2D eigenvalue weighted by Crippen LogP contribution is 2.20. The molecule has 0 bridgehead atoms. The molecule has 2 nitrogen and oxygen atoms in total. The summed E-state index contributed by atoms with van der Waals surface area (Å²) in [6.07, 6.45) is 2.66. The van der Waals surface area contributed by atoms with Crippen molar-refractivity contribution in [3.05, 3.63) is 0 Å². The lowest BCUT2D eigenvalue weighted by atomic mass is 10.3. The Kier molecular flexibility index (Phi) is 5.32. The van der Waals surface area contributed by atoms with Gasteiger partial charge in [-0.15, -0.1) is 23.2 Å². The van der Waals surface area contributed by atoms with E-state index in [9.17, 15) is 0 Å². The summed E-state index contributed by atoms with van der Waals surface area (Å²) in [5.74, 6) is 0.694. The summed E-state index contributed by atoms with van der Waals surface area (Å²) in [4.78, 5) is 0. The van der Waals surface area contributed by atoms with Crippen molar-refractivity contribution >= 4 is 23.2 Å². The van der Waals surface area contributed by atoms with E-state index in [4.69, 9.17) is 32.7 Å². The highest BCUT2D eigenvalue weighted by Gasteiger charge is 2.26. The zero-order valence-corrected chi connectivity index (χ0v) is 8.48. The second kappa shape index (κ2) is 6.03. The van der Waals surface area contributed by atoms with Gasteiger partial charge in [0.2, 0.25) is 0 Å². The molecule has 0 radical (unpaired) electrons. The van der Waals surface area contributed by atoms with Crippen molar-refractivity contribution in [2.45, 2.75) is 30.9 Å². The zero-order chi connectivity index (χ0) is 8.81. The minimum atomic E-state index is -0.193. The fourth-order valence-corrected chi connectivity index (χ4v) is 1.51. The van der Waals surface area contributed by atoms with Gasteiger partial charge >= 0.3 is 0 Å². The predicted octanol–water partition coefficient (Wildman–Crippen LogP) is 2.38. The molecule has 0 aromatic rings. The van der Waals surface area contributed by atoms with Gasteiger partial charge in [0.05, 0.1) is 12.0 Å². The largest absolute Gasteiger partial charge is 0.351 e. The summed E-state index contributed by atoms with van der Waals surface area (Å²) < 4.78 is 10.7. The van der Waals surface area contributed by atoms with E-state index in [1.165, 1.54) is 0 Å². The number of alkyl halides is 2. The summed E-state index contributed by atoms with van der Waals surface area (Å²) in [6.45, 7) is 1.41. The van der Waals surface area contributed by atoms with Gasteiger partial charge in [-0.3, -0.25) is 0 Å². The van der Waals surface area contributed by atoms with E-state index in [1.54, 1.807) is 0 Å². The van der Waals surface area contributed by atoms with Crippen LogP contribution in [0.1, 0.15) is 19.3 Å². The van der Waals surface area contributed by atoms with E-state index in [0.717, 1.165) is 19.3 Å². The number of rotatable bonds is 5. The lowest BCUT2D eigenvalue weighted by Crippen LogP contribution is -2.20. The summed E-state index contributed by atoms with van der Waals surface area (Å²) in [5, 5.41) is 0.0287. The molecule has 1 saturated heterocycles. The van der Waals surface area contributed by atoms with Gasteiger partial charge in [0, 0.05) is 12.5 Å². The zero-order valence-electron chi connectivity index (χ0n) is 6.97. The molecule has 1 heterocycles. The maximum absolute atomic E-state index is 5.91. The Labute approximate surface area is 83.1 Å². The molecule has 12 heavy (non-hydrogen) atoms. The molecule has 4 heteroatoms. The lowest BCUT2D eigenvalue weighted by molar-refractivity contribution is -0.109. The fraction of sp³-hybridized carbons (Fsp3) is 1.00. The molecule has 1 aliphatic heterocycles. The molecule has 1 fully saturated rings. The van der Waals surface area contributed by atoms with Gasteiger partial charge in [-0.05, 0) is 19.3 Å². The van der Waals surface area contributed by atoms with E-state index in [0.29, 0.717) is 19.1 Å². The molecular weight excluding hydrogens is 199 g/mol. The fourth-order valence-electron chi connectivity index (χ4n) is 1.09. The van der Waals surface area contributed by atoms with Crippen molar-refractivity contribution in [2.75, 3.05) is 19.1 Å². The van der Waals surface area contributed by atoms with Gasteiger partial charge in [-0.1, -0.05) is 0 Å². The first-order valence-corrected chi connectivity index (χ1v) is 5.25. The van der Waals surface area contributed by atoms with Gasteiger partial charge in [0.25, 0.3) is 0 Å². The number of unbranched alkanes of at least 4 members (excludes halogenated alkanes) is 1. The van der Waals surface area contributed by atoms with Crippen molar-refractivity contribution < 1.29 is 9.47 Å². The van der Waals surface area contributed by atoms with Crippen molar-refractivity contribution in [1.82, 2.24) is 0 Å². The first kappa shape index (κ1) is 10.6. The first-order chi connectivity index (χ1) is 5.84. The minimum Gasteiger partial charge on any atom is -0.351 e. The molecule has 0 N–H and O–H groups in total. The molecule has 1 aliphatic rings. The molecule has 0 aliphatic carbocycles. The molecule has 0 aromatic carbocycles. The monoisotopic (exact) mass is 212 g/mol. The average molecular weight is 213 g/mol. The molecular formula is C8H14Cl2O2. The van der Waals surface area contributed by atoms with Crippen LogP contribution >= 0.6 is 23.2 Å². The lowest BCUT2D eigenvalue weighted by Gasteiger charge is -2.13. The average Bonchev–Trinajstić information content (AvgIpc) is 2.46. The third kappa shape index (κ3) is 3.48. The minimum absolute atomic E-state index is 0.0287. The van der Waals surface area contributed by atoms with Gasteiger partial charge < -0.3 is 9.47 Å². The van der Waals surface area contributed by atoms with E-state index in [2.05, 4.69) is 0 Å². The van der Waals surface area contributed by atoms with Gasteiger partial charge in [-0.25, -0.2) is 0 Å². The third-order valence-corrected chi connectivity index (χ3v) is 2.47. The van der Waals surface area contributed by atoms with Crippen LogP contribution in [-0.2, 0) is 9.47 Å². The molecule has 2 atom stereocenters. The number of hydrogen-bond acceptors (Lipinski definition) is 2. The van der Waals surface area contributed by atoms with E-state index in [-0.39, 0.29) is 11.7 Å². The molecule has 0 saturated carbocycles. The number of ether oxygens (including phenoxy) is 2. The topological polar surface area (TPSA) is 18.5 Å². The Morgan fingerprint density at radius 1 is 1.42 bits per heavy atom. The van der Waals surface area contributed by atoms with Crippen molar-refractivity contribution in [3.8, 4) is 0 Å². The summed E-state index contributed by atoms with van der Waals surface area (Å²) in [5.41, 5.74) is 0. The Hall–Kier alpha value is 0.500. The van der Waals surface area contributed by atoms with Crippen LogP contribution in [0.2, 0.25) is 0 Å². The molecule has 0 spiro atoms. The van der Waals surface area contributed by atoms with Crippen molar-refractivity contribution in [1.29, 1.82) is 0 Å². The van der Waals surface area contributed by atoms with Crippen LogP contribution in [0.15, 0.2) is 0 Å². The van der Waals surface area contributed by atoms with Crippen molar-refractivity contribution in [2.24, 2.45) is 0 Å². The normalized spacial score (nSPS) is 29.5.